The summed E-state index contributed by atoms with van der Waals surface area (Å²) in [6.07, 6.45) is 0. The van der Waals surface area contributed by atoms with E-state index in [1.54, 1.807) is 6.07 Å². The van der Waals surface area contributed by atoms with E-state index in [2.05, 4.69) is 28.7 Å². The van der Waals surface area contributed by atoms with Crippen molar-refractivity contribution in [1.29, 1.82) is 0 Å². The molecule has 2 heterocycles. The number of halogens is 1. The molecule has 0 radical (unpaired) electrons. The number of non-ortho nitro benzene ring substituents is 1. The van der Waals surface area contributed by atoms with Gasteiger partial charge in [-0.3, -0.25) is 19.7 Å². The van der Waals surface area contributed by atoms with Crippen molar-refractivity contribution in [2.45, 2.75) is 27.3 Å². The van der Waals surface area contributed by atoms with Gasteiger partial charge in [0.2, 0.25) is 0 Å². The fourth-order valence-electron chi connectivity index (χ4n) is 3.62. The molecule has 1 aromatic carbocycles. The van der Waals surface area contributed by atoms with E-state index in [1.165, 1.54) is 17.3 Å². The van der Waals surface area contributed by atoms with Crippen LogP contribution in [0.15, 0.2) is 12.1 Å². The normalized spacial score (nSPS) is 15.5. The molecule has 1 aliphatic heterocycles. The van der Waals surface area contributed by atoms with E-state index in [4.69, 9.17) is 11.6 Å². The van der Waals surface area contributed by atoms with Crippen LogP contribution in [0.25, 0.3) is 0 Å². The number of aromatic nitrogens is 2. The Morgan fingerprint density at radius 1 is 1.19 bits per heavy atom. The van der Waals surface area contributed by atoms with Gasteiger partial charge in [0.1, 0.15) is 0 Å². The summed E-state index contributed by atoms with van der Waals surface area (Å²) in [4.78, 5) is 15.2. The van der Waals surface area contributed by atoms with Crippen molar-refractivity contribution in [3.8, 4) is 0 Å². The summed E-state index contributed by atoms with van der Waals surface area (Å²) in [6.45, 7) is 10.5. The van der Waals surface area contributed by atoms with E-state index in [0.29, 0.717) is 5.02 Å². The van der Waals surface area contributed by atoms with E-state index in [9.17, 15) is 10.1 Å². The lowest BCUT2D eigenvalue weighted by molar-refractivity contribution is -0.384. The quantitative estimate of drug-likeness (QED) is 0.604. The highest BCUT2D eigenvalue weighted by molar-refractivity contribution is 6.33. The molecule has 0 unspecified atom stereocenters. The minimum Gasteiger partial charge on any atom is -0.368 e. The van der Waals surface area contributed by atoms with Gasteiger partial charge < -0.3 is 4.90 Å². The fraction of sp³-hybridized carbons (Fsp3) is 0.500. The highest BCUT2D eigenvalue weighted by atomic mass is 35.5. The molecule has 140 valence electrons. The molecule has 1 aliphatic rings. The smallest absolute Gasteiger partial charge is 0.271 e. The topological polar surface area (TPSA) is 67.4 Å². The standard InChI is InChI=1S/C18H24ClN5O2/c1-12-9-15(24(25)26)10-17(19)18(12)23-7-5-22(6-8-23)11-16-13(2)20-21(4)14(16)3/h9-10H,5-8,11H2,1-4H3. The lowest BCUT2D eigenvalue weighted by Crippen LogP contribution is -2.46. The van der Waals surface area contributed by atoms with Crippen LogP contribution in [0.2, 0.25) is 5.02 Å². The maximum atomic E-state index is 11.0. The summed E-state index contributed by atoms with van der Waals surface area (Å²) in [7, 11) is 1.98. The van der Waals surface area contributed by atoms with Gasteiger partial charge in [0.25, 0.3) is 5.69 Å². The Morgan fingerprint density at radius 2 is 1.85 bits per heavy atom. The minimum absolute atomic E-state index is 0.0393. The highest BCUT2D eigenvalue weighted by Crippen LogP contribution is 2.34. The van der Waals surface area contributed by atoms with Crippen LogP contribution >= 0.6 is 11.6 Å². The molecule has 1 saturated heterocycles. The summed E-state index contributed by atoms with van der Waals surface area (Å²) in [5.74, 6) is 0. The molecule has 1 fully saturated rings. The van der Waals surface area contributed by atoms with Crippen LogP contribution < -0.4 is 4.90 Å². The third-order valence-electron chi connectivity index (χ3n) is 5.18. The van der Waals surface area contributed by atoms with Gasteiger partial charge in [-0.25, -0.2) is 0 Å². The molecule has 3 rings (SSSR count). The van der Waals surface area contributed by atoms with Gasteiger partial charge in [0.05, 0.1) is 21.3 Å². The Hall–Kier alpha value is -2.12. The molecule has 8 heteroatoms. The molecular weight excluding hydrogens is 354 g/mol. The third kappa shape index (κ3) is 3.54. The zero-order valence-electron chi connectivity index (χ0n) is 15.6. The third-order valence-corrected chi connectivity index (χ3v) is 5.47. The van der Waals surface area contributed by atoms with Crippen LogP contribution in [0.1, 0.15) is 22.5 Å². The molecule has 0 aliphatic carbocycles. The molecule has 0 spiro atoms. The average molecular weight is 378 g/mol. The minimum atomic E-state index is -0.404. The molecule has 1 aromatic heterocycles. The first-order valence-electron chi connectivity index (χ1n) is 8.69. The number of hydrogen-bond acceptors (Lipinski definition) is 5. The number of nitro groups is 1. The van der Waals surface area contributed by atoms with Crippen LogP contribution in [-0.2, 0) is 13.6 Å². The molecule has 0 saturated carbocycles. The lowest BCUT2D eigenvalue weighted by Gasteiger charge is -2.37. The first-order valence-corrected chi connectivity index (χ1v) is 9.06. The zero-order chi connectivity index (χ0) is 19.0. The number of nitro benzene ring substituents is 1. The van der Waals surface area contributed by atoms with Crippen molar-refractivity contribution in [3.63, 3.8) is 0 Å². The van der Waals surface area contributed by atoms with E-state index >= 15 is 0 Å². The Labute approximate surface area is 158 Å². The molecule has 0 N–H and O–H groups in total. The van der Waals surface area contributed by atoms with E-state index < -0.39 is 4.92 Å². The van der Waals surface area contributed by atoms with Gasteiger partial charge in [0, 0.05) is 63.2 Å². The number of piperazine rings is 1. The second kappa shape index (κ2) is 7.25. The summed E-state index contributed by atoms with van der Waals surface area (Å²) in [5, 5.41) is 15.9. The number of aryl methyl sites for hydroxylation is 3. The molecular formula is C18H24ClN5O2. The highest BCUT2D eigenvalue weighted by Gasteiger charge is 2.23. The predicted octanol–water partition coefficient (Wildman–Crippen LogP) is 3.23. The molecule has 0 amide bonds. The zero-order valence-corrected chi connectivity index (χ0v) is 16.4. The maximum absolute atomic E-state index is 11.0. The van der Waals surface area contributed by atoms with Gasteiger partial charge >= 0.3 is 0 Å². The van der Waals surface area contributed by atoms with E-state index in [1.807, 2.05) is 18.7 Å². The summed E-state index contributed by atoms with van der Waals surface area (Å²) in [5.41, 5.74) is 5.38. The molecule has 0 atom stereocenters. The SMILES string of the molecule is Cc1cc([N+](=O)[O-])cc(Cl)c1N1CCN(Cc2c(C)nn(C)c2C)CC1. The second-order valence-electron chi connectivity index (χ2n) is 6.89. The first-order chi connectivity index (χ1) is 12.3. The van der Waals surface area contributed by atoms with E-state index in [0.717, 1.165) is 49.7 Å². The van der Waals surface area contributed by atoms with Gasteiger partial charge in [-0.2, -0.15) is 5.10 Å². The number of benzene rings is 1. The maximum Gasteiger partial charge on any atom is 0.271 e. The van der Waals surface area contributed by atoms with Gasteiger partial charge in [-0.1, -0.05) is 11.6 Å². The van der Waals surface area contributed by atoms with Crippen LogP contribution in [0, 0.1) is 30.9 Å². The predicted molar refractivity (Wildman–Crippen MR) is 103 cm³/mol. The van der Waals surface area contributed by atoms with Gasteiger partial charge in [0.15, 0.2) is 0 Å². The lowest BCUT2D eigenvalue weighted by atomic mass is 10.1. The Kier molecular flexibility index (Phi) is 5.20. The largest absolute Gasteiger partial charge is 0.368 e. The van der Waals surface area contributed by atoms with Crippen molar-refractivity contribution < 1.29 is 4.92 Å². The number of hydrogen-bond donors (Lipinski definition) is 0. The van der Waals surface area contributed by atoms with Gasteiger partial charge in [-0.15, -0.1) is 0 Å². The first kappa shape index (κ1) is 18.7. The van der Waals surface area contributed by atoms with Crippen molar-refractivity contribution >= 4 is 23.0 Å². The monoisotopic (exact) mass is 377 g/mol. The number of anilines is 1. The summed E-state index contributed by atoms with van der Waals surface area (Å²) >= 11 is 6.35. The van der Waals surface area contributed by atoms with Crippen molar-refractivity contribution in [2.24, 2.45) is 7.05 Å². The van der Waals surface area contributed by atoms with Crippen LogP contribution in [0.3, 0.4) is 0 Å². The van der Waals surface area contributed by atoms with Crippen LogP contribution in [0.5, 0.6) is 0 Å². The molecule has 0 bridgehead atoms. The fourth-order valence-corrected chi connectivity index (χ4v) is 4.00. The van der Waals surface area contributed by atoms with Gasteiger partial charge in [-0.05, 0) is 26.3 Å². The van der Waals surface area contributed by atoms with Crippen molar-refractivity contribution in [3.05, 3.63) is 49.8 Å². The number of nitrogens with zero attached hydrogens (tertiary/aromatic N) is 5. The van der Waals surface area contributed by atoms with Crippen LogP contribution in [0.4, 0.5) is 11.4 Å². The Balaban J connectivity index is 1.70. The second-order valence-corrected chi connectivity index (χ2v) is 7.29. The van der Waals surface area contributed by atoms with Crippen molar-refractivity contribution in [2.75, 3.05) is 31.1 Å². The Bertz CT molecular complexity index is 817. The summed E-state index contributed by atoms with van der Waals surface area (Å²) in [6, 6.07) is 3.04. The molecule has 26 heavy (non-hydrogen) atoms. The Morgan fingerprint density at radius 3 is 2.35 bits per heavy atom. The van der Waals surface area contributed by atoms with Crippen LogP contribution in [-0.4, -0.2) is 45.8 Å². The van der Waals surface area contributed by atoms with Crippen molar-refractivity contribution in [1.82, 2.24) is 14.7 Å². The number of rotatable bonds is 4. The molecule has 7 nitrogen and oxygen atoms in total. The molecule has 2 aromatic rings. The average Bonchev–Trinajstić information content (AvgIpc) is 2.82. The summed E-state index contributed by atoms with van der Waals surface area (Å²) < 4.78 is 1.93. The van der Waals surface area contributed by atoms with E-state index in [-0.39, 0.29) is 5.69 Å².